The van der Waals surface area contributed by atoms with Gasteiger partial charge in [-0.2, -0.15) is 0 Å². The maximum atomic E-state index is 4.44. The Morgan fingerprint density at radius 3 is 2.53 bits per heavy atom. The molecule has 0 aliphatic heterocycles. The van der Waals surface area contributed by atoms with Gasteiger partial charge in [0, 0.05) is 17.6 Å². The van der Waals surface area contributed by atoms with E-state index in [1.165, 1.54) is 23.8 Å². The third-order valence-electron chi connectivity index (χ3n) is 4.17. The van der Waals surface area contributed by atoms with Gasteiger partial charge in [-0.15, -0.1) is 0 Å². The van der Waals surface area contributed by atoms with Crippen LogP contribution in [-0.4, -0.2) is 18.1 Å². The van der Waals surface area contributed by atoms with Gasteiger partial charge in [0.25, 0.3) is 0 Å². The molecule has 1 unspecified atom stereocenters. The van der Waals surface area contributed by atoms with Crippen LogP contribution in [0.5, 0.6) is 0 Å². The molecule has 0 bridgehead atoms. The largest absolute Gasteiger partial charge is 0.316 e. The van der Waals surface area contributed by atoms with E-state index in [-0.39, 0.29) is 0 Å². The second kappa shape index (κ2) is 6.67. The minimum Gasteiger partial charge on any atom is -0.316 e. The lowest BCUT2D eigenvalue weighted by molar-refractivity contribution is 0.349. The highest BCUT2D eigenvalue weighted by Gasteiger charge is 2.17. The van der Waals surface area contributed by atoms with Crippen LogP contribution in [0.4, 0.5) is 0 Å². The minimum absolute atomic E-state index is 0.542. The molecule has 1 heterocycles. The average Bonchev–Trinajstić information content (AvgIpc) is 2.47. The number of benzene rings is 1. The molecule has 0 radical (unpaired) electrons. The maximum absolute atomic E-state index is 4.44. The molecule has 0 aliphatic carbocycles. The molecule has 1 aromatic carbocycles. The number of hydrogen-bond donors (Lipinski definition) is 1. The first-order chi connectivity index (χ1) is 9.30. The molecule has 1 N–H and O–H groups in total. The van der Waals surface area contributed by atoms with E-state index in [2.05, 4.69) is 61.5 Å². The first-order valence-electron chi connectivity index (χ1n) is 7.30. The summed E-state index contributed by atoms with van der Waals surface area (Å²) in [5, 5.41) is 4.78. The van der Waals surface area contributed by atoms with Gasteiger partial charge in [0.15, 0.2) is 0 Å². The fourth-order valence-corrected chi connectivity index (χ4v) is 2.93. The Morgan fingerprint density at radius 1 is 1.11 bits per heavy atom. The predicted octanol–water partition coefficient (Wildman–Crippen LogP) is 3.80. The molecule has 0 spiro atoms. The van der Waals surface area contributed by atoms with E-state index in [0.29, 0.717) is 6.04 Å². The lowest BCUT2D eigenvalue weighted by atomic mass is 9.89. The molecule has 0 aliphatic rings. The molecule has 2 heteroatoms. The summed E-state index contributed by atoms with van der Waals surface area (Å²) in [5.74, 6) is 0.733. The van der Waals surface area contributed by atoms with Crippen LogP contribution >= 0.6 is 0 Å². The van der Waals surface area contributed by atoms with Crippen molar-refractivity contribution in [2.75, 3.05) is 7.05 Å². The molecular formula is C17H24N2. The molecule has 0 saturated heterocycles. The molecule has 2 aromatic rings. The van der Waals surface area contributed by atoms with Crippen molar-refractivity contribution in [1.29, 1.82) is 0 Å². The van der Waals surface area contributed by atoms with E-state index in [4.69, 9.17) is 0 Å². The lowest BCUT2D eigenvalue weighted by Gasteiger charge is -2.25. The average molecular weight is 256 g/mol. The number of pyridine rings is 1. The number of nitrogens with zero attached hydrogens (tertiary/aromatic N) is 1. The summed E-state index contributed by atoms with van der Waals surface area (Å²) >= 11 is 0. The highest BCUT2D eigenvalue weighted by Crippen LogP contribution is 2.22. The fourth-order valence-electron chi connectivity index (χ4n) is 2.93. The van der Waals surface area contributed by atoms with Crippen LogP contribution in [0.25, 0.3) is 10.9 Å². The number of fused-ring (bicyclic) bond motifs is 1. The Kier molecular flexibility index (Phi) is 4.92. The van der Waals surface area contributed by atoms with Gasteiger partial charge in [0.2, 0.25) is 0 Å². The monoisotopic (exact) mass is 256 g/mol. The molecule has 1 aromatic heterocycles. The second-order valence-corrected chi connectivity index (χ2v) is 5.16. The zero-order valence-corrected chi connectivity index (χ0v) is 12.2. The highest BCUT2D eigenvalue weighted by atomic mass is 14.9. The van der Waals surface area contributed by atoms with E-state index >= 15 is 0 Å². The molecule has 0 fully saturated rings. The summed E-state index contributed by atoms with van der Waals surface area (Å²) in [5.41, 5.74) is 2.50. The normalized spacial score (nSPS) is 13.1. The molecule has 0 amide bonds. The predicted molar refractivity (Wildman–Crippen MR) is 82.4 cm³/mol. The lowest BCUT2D eigenvalue weighted by Crippen LogP contribution is -2.35. The Bertz CT molecular complexity index is 512. The number of likely N-dealkylation sites (N-methyl/N-ethyl adjacent to an activating group) is 1. The number of nitrogens with one attached hydrogen (secondary N) is 1. The topological polar surface area (TPSA) is 24.9 Å². The zero-order valence-electron chi connectivity index (χ0n) is 12.2. The SMILES string of the molecule is CCC(CC)C(Cc1ccnc2ccccc12)NC. The van der Waals surface area contributed by atoms with Crippen molar-refractivity contribution in [1.82, 2.24) is 10.3 Å². The summed E-state index contributed by atoms with van der Waals surface area (Å²) < 4.78 is 0. The van der Waals surface area contributed by atoms with Gasteiger partial charge in [-0.25, -0.2) is 0 Å². The van der Waals surface area contributed by atoms with Crippen molar-refractivity contribution in [3.05, 3.63) is 42.1 Å². The molecule has 2 nitrogen and oxygen atoms in total. The number of aromatic nitrogens is 1. The van der Waals surface area contributed by atoms with Crippen molar-refractivity contribution < 1.29 is 0 Å². The summed E-state index contributed by atoms with van der Waals surface area (Å²) in [7, 11) is 2.08. The molecular weight excluding hydrogens is 232 g/mol. The summed E-state index contributed by atoms with van der Waals surface area (Å²) in [6, 6.07) is 11.1. The Hall–Kier alpha value is -1.41. The Morgan fingerprint density at radius 2 is 1.84 bits per heavy atom. The minimum atomic E-state index is 0.542. The van der Waals surface area contributed by atoms with Gasteiger partial charge in [0.05, 0.1) is 5.52 Å². The van der Waals surface area contributed by atoms with Crippen LogP contribution in [0.3, 0.4) is 0 Å². The van der Waals surface area contributed by atoms with Crippen LogP contribution in [0.2, 0.25) is 0 Å². The standard InChI is InChI=1S/C17H24N2/c1-4-13(5-2)17(18-3)12-14-10-11-19-16-9-7-6-8-15(14)16/h6-11,13,17-18H,4-5,12H2,1-3H3. The second-order valence-electron chi connectivity index (χ2n) is 5.16. The van der Waals surface area contributed by atoms with E-state index in [1.807, 2.05) is 6.20 Å². The van der Waals surface area contributed by atoms with Gasteiger partial charge < -0.3 is 5.32 Å². The van der Waals surface area contributed by atoms with Crippen molar-refractivity contribution in [2.45, 2.75) is 39.2 Å². The number of hydrogen-bond acceptors (Lipinski definition) is 2. The molecule has 0 saturated carbocycles. The zero-order chi connectivity index (χ0) is 13.7. The smallest absolute Gasteiger partial charge is 0.0704 e. The number of para-hydroxylation sites is 1. The quantitative estimate of drug-likeness (QED) is 0.850. The molecule has 102 valence electrons. The summed E-state index contributed by atoms with van der Waals surface area (Å²) in [4.78, 5) is 4.44. The summed E-state index contributed by atoms with van der Waals surface area (Å²) in [6.07, 6.45) is 5.46. The van der Waals surface area contributed by atoms with Crippen LogP contribution in [0.1, 0.15) is 32.3 Å². The van der Waals surface area contributed by atoms with Crippen molar-refractivity contribution in [3.8, 4) is 0 Å². The Labute approximate surface area is 116 Å². The van der Waals surface area contributed by atoms with Crippen LogP contribution in [-0.2, 0) is 6.42 Å². The van der Waals surface area contributed by atoms with Gasteiger partial charge in [-0.1, -0.05) is 44.9 Å². The van der Waals surface area contributed by atoms with Crippen molar-refractivity contribution >= 4 is 10.9 Å². The van der Waals surface area contributed by atoms with Crippen molar-refractivity contribution in [3.63, 3.8) is 0 Å². The van der Waals surface area contributed by atoms with E-state index in [1.54, 1.807) is 0 Å². The van der Waals surface area contributed by atoms with E-state index in [9.17, 15) is 0 Å². The highest BCUT2D eigenvalue weighted by molar-refractivity contribution is 5.81. The maximum Gasteiger partial charge on any atom is 0.0704 e. The number of rotatable bonds is 6. The fraction of sp³-hybridized carbons (Fsp3) is 0.471. The van der Waals surface area contributed by atoms with E-state index < -0.39 is 0 Å². The third kappa shape index (κ3) is 3.13. The van der Waals surface area contributed by atoms with Crippen molar-refractivity contribution in [2.24, 2.45) is 5.92 Å². The first kappa shape index (κ1) is 14.0. The van der Waals surface area contributed by atoms with Gasteiger partial charge >= 0.3 is 0 Å². The van der Waals surface area contributed by atoms with Crippen LogP contribution < -0.4 is 5.32 Å². The molecule has 2 rings (SSSR count). The van der Waals surface area contributed by atoms with Gasteiger partial charge in [0.1, 0.15) is 0 Å². The molecule has 19 heavy (non-hydrogen) atoms. The first-order valence-corrected chi connectivity index (χ1v) is 7.30. The van der Waals surface area contributed by atoms with Gasteiger partial charge in [-0.05, 0) is 37.1 Å². The molecule has 1 atom stereocenters. The van der Waals surface area contributed by atoms with Gasteiger partial charge in [-0.3, -0.25) is 4.98 Å². The summed E-state index contributed by atoms with van der Waals surface area (Å²) in [6.45, 7) is 4.56. The van der Waals surface area contributed by atoms with Crippen LogP contribution in [0, 0.1) is 5.92 Å². The third-order valence-corrected chi connectivity index (χ3v) is 4.17. The van der Waals surface area contributed by atoms with E-state index in [0.717, 1.165) is 17.9 Å². The van der Waals surface area contributed by atoms with Crippen LogP contribution in [0.15, 0.2) is 36.5 Å². The Balaban J connectivity index is 2.29.